The van der Waals surface area contributed by atoms with Gasteiger partial charge in [-0.05, 0) is 30.3 Å². The molecule has 0 atom stereocenters. The Balaban J connectivity index is 1.83. The number of hydrogen-bond acceptors (Lipinski definition) is 6. The van der Waals surface area contributed by atoms with Crippen molar-refractivity contribution in [1.29, 1.82) is 0 Å². The summed E-state index contributed by atoms with van der Waals surface area (Å²) >= 11 is 7.44. The van der Waals surface area contributed by atoms with Crippen molar-refractivity contribution in [2.45, 2.75) is 0 Å². The first-order valence-corrected chi connectivity index (χ1v) is 8.08. The summed E-state index contributed by atoms with van der Waals surface area (Å²) in [5, 5.41) is 11.5. The summed E-state index contributed by atoms with van der Waals surface area (Å²) in [6, 6.07) is 9.70. The van der Waals surface area contributed by atoms with Crippen molar-refractivity contribution in [3.63, 3.8) is 0 Å². The van der Waals surface area contributed by atoms with Gasteiger partial charge >= 0.3 is 0 Å². The Hall–Kier alpha value is -2.64. The molecule has 5 nitrogen and oxygen atoms in total. The molecule has 24 heavy (non-hydrogen) atoms. The standard InChI is InChI=1S/C16H8ClFN5S/c17-9-3-1-4-10(18)13(9)16-21-11-6-8-19-15(14(11)24-16)22-12-5-2-7-20-23-12/h1-6,8H,(H,19,22,23). The molecule has 117 valence electrons. The summed E-state index contributed by atoms with van der Waals surface area (Å²) in [6.45, 7) is 0. The molecular formula is C16H8ClFN5S. The van der Waals surface area contributed by atoms with Gasteiger partial charge in [0, 0.05) is 6.20 Å². The van der Waals surface area contributed by atoms with Crippen molar-refractivity contribution in [2.24, 2.45) is 0 Å². The molecule has 0 bridgehead atoms. The number of rotatable bonds is 3. The molecule has 1 aromatic carbocycles. The van der Waals surface area contributed by atoms with E-state index in [1.54, 1.807) is 36.5 Å². The molecule has 3 heterocycles. The number of benzene rings is 1. The van der Waals surface area contributed by atoms with Gasteiger partial charge in [0.15, 0.2) is 11.6 Å². The first-order chi connectivity index (χ1) is 11.7. The monoisotopic (exact) mass is 356 g/mol. The lowest BCUT2D eigenvalue weighted by molar-refractivity contribution is 0.631. The first-order valence-electron chi connectivity index (χ1n) is 6.89. The van der Waals surface area contributed by atoms with Crippen molar-refractivity contribution < 1.29 is 4.39 Å². The van der Waals surface area contributed by atoms with Crippen LogP contribution in [0.25, 0.3) is 20.8 Å². The van der Waals surface area contributed by atoms with E-state index < -0.39 is 5.82 Å². The van der Waals surface area contributed by atoms with Crippen LogP contribution in [0.3, 0.4) is 0 Å². The quantitative estimate of drug-likeness (QED) is 0.586. The molecule has 0 aliphatic heterocycles. The number of nitrogens with zero attached hydrogens (tertiary/aromatic N) is 4. The molecule has 1 radical (unpaired) electrons. The summed E-state index contributed by atoms with van der Waals surface area (Å²) in [5.41, 5.74) is 0.989. The molecule has 0 saturated carbocycles. The van der Waals surface area contributed by atoms with E-state index in [1.165, 1.54) is 17.4 Å². The van der Waals surface area contributed by atoms with Crippen LogP contribution in [0.4, 0.5) is 16.0 Å². The number of anilines is 2. The second kappa shape index (κ2) is 6.10. The van der Waals surface area contributed by atoms with Crippen molar-refractivity contribution in [2.75, 3.05) is 5.32 Å². The minimum absolute atomic E-state index is 0.292. The van der Waals surface area contributed by atoms with E-state index in [2.05, 4.69) is 31.7 Å². The first kappa shape index (κ1) is 14.9. The van der Waals surface area contributed by atoms with Gasteiger partial charge < -0.3 is 5.32 Å². The molecule has 3 aromatic heterocycles. The molecule has 4 aromatic rings. The lowest BCUT2D eigenvalue weighted by Crippen LogP contribution is -1.96. The van der Waals surface area contributed by atoms with Crippen LogP contribution in [0, 0.1) is 12.0 Å². The van der Waals surface area contributed by atoms with Crippen molar-refractivity contribution in [3.8, 4) is 10.6 Å². The van der Waals surface area contributed by atoms with Gasteiger partial charge in [0.1, 0.15) is 17.0 Å². The number of pyridine rings is 1. The Morgan fingerprint density at radius 2 is 2.12 bits per heavy atom. The minimum atomic E-state index is -0.409. The largest absolute Gasteiger partial charge is 0.322 e. The fraction of sp³-hybridized carbons (Fsp3) is 0. The average Bonchev–Trinajstić information content (AvgIpc) is 3.00. The zero-order valence-electron chi connectivity index (χ0n) is 12.0. The molecule has 0 spiro atoms. The zero-order valence-corrected chi connectivity index (χ0v) is 13.6. The van der Waals surface area contributed by atoms with E-state index in [0.29, 0.717) is 32.7 Å². The number of halogens is 2. The SMILES string of the molecule is Fc1cccc(Cl)c1-c1nc2ccnc(Nc3cc[c]nn3)c2s1. The third-order valence-electron chi connectivity index (χ3n) is 3.26. The van der Waals surface area contributed by atoms with Gasteiger partial charge in [0.2, 0.25) is 0 Å². The molecule has 0 unspecified atom stereocenters. The minimum Gasteiger partial charge on any atom is -0.322 e. The molecule has 1 N–H and O–H groups in total. The van der Waals surface area contributed by atoms with Gasteiger partial charge in [-0.15, -0.1) is 21.5 Å². The highest BCUT2D eigenvalue weighted by Crippen LogP contribution is 2.38. The van der Waals surface area contributed by atoms with Crippen LogP contribution < -0.4 is 5.32 Å². The Morgan fingerprint density at radius 1 is 1.21 bits per heavy atom. The Kier molecular flexibility index (Phi) is 3.79. The molecule has 4 rings (SSSR count). The van der Waals surface area contributed by atoms with E-state index in [0.717, 1.165) is 4.70 Å². The number of hydrogen-bond donors (Lipinski definition) is 1. The van der Waals surface area contributed by atoms with E-state index in [9.17, 15) is 4.39 Å². The Morgan fingerprint density at radius 3 is 2.92 bits per heavy atom. The number of thiazole rings is 1. The topological polar surface area (TPSA) is 63.6 Å². The fourth-order valence-corrected chi connectivity index (χ4v) is 3.58. The molecule has 0 aliphatic rings. The molecule has 0 aliphatic carbocycles. The number of nitrogens with one attached hydrogen (secondary N) is 1. The molecule has 0 saturated heterocycles. The van der Waals surface area contributed by atoms with Gasteiger partial charge in [0.05, 0.1) is 20.8 Å². The summed E-state index contributed by atoms with van der Waals surface area (Å²) in [4.78, 5) is 8.79. The smallest absolute Gasteiger partial charge is 0.154 e. The highest BCUT2D eigenvalue weighted by atomic mass is 35.5. The Bertz CT molecular complexity index is 1000. The van der Waals surface area contributed by atoms with Crippen LogP contribution >= 0.6 is 22.9 Å². The van der Waals surface area contributed by atoms with Crippen LogP contribution in [0.5, 0.6) is 0 Å². The van der Waals surface area contributed by atoms with Crippen LogP contribution in [-0.2, 0) is 0 Å². The normalized spacial score (nSPS) is 10.9. The predicted octanol–water partition coefficient (Wildman–Crippen LogP) is 4.48. The maximum absolute atomic E-state index is 14.1. The van der Waals surface area contributed by atoms with Gasteiger partial charge in [-0.1, -0.05) is 17.7 Å². The lowest BCUT2D eigenvalue weighted by atomic mass is 10.2. The van der Waals surface area contributed by atoms with Crippen LogP contribution in [0.1, 0.15) is 0 Å². The summed E-state index contributed by atoms with van der Waals surface area (Å²) in [7, 11) is 0. The van der Waals surface area contributed by atoms with Crippen LogP contribution in [-0.4, -0.2) is 20.2 Å². The van der Waals surface area contributed by atoms with E-state index in [4.69, 9.17) is 11.6 Å². The fourth-order valence-electron chi connectivity index (χ4n) is 2.21. The lowest BCUT2D eigenvalue weighted by Gasteiger charge is -2.03. The third kappa shape index (κ3) is 2.68. The molecule has 8 heteroatoms. The Labute approximate surface area is 145 Å². The van der Waals surface area contributed by atoms with Crippen LogP contribution in [0.15, 0.2) is 42.6 Å². The summed E-state index contributed by atoms with van der Waals surface area (Å²) in [5.74, 6) is 0.699. The van der Waals surface area contributed by atoms with Gasteiger partial charge in [-0.3, -0.25) is 0 Å². The number of aromatic nitrogens is 4. The zero-order chi connectivity index (χ0) is 16.5. The average molecular weight is 357 g/mol. The maximum Gasteiger partial charge on any atom is 0.154 e. The van der Waals surface area contributed by atoms with Gasteiger partial charge in [0.25, 0.3) is 0 Å². The second-order valence-electron chi connectivity index (χ2n) is 4.80. The summed E-state index contributed by atoms with van der Waals surface area (Å²) < 4.78 is 14.9. The van der Waals surface area contributed by atoms with Gasteiger partial charge in [-0.2, -0.15) is 0 Å². The molecule has 0 amide bonds. The van der Waals surface area contributed by atoms with Crippen molar-refractivity contribution in [1.82, 2.24) is 20.2 Å². The summed E-state index contributed by atoms with van der Waals surface area (Å²) in [6.07, 6.45) is 4.23. The van der Waals surface area contributed by atoms with Crippen LogP contribution in [0.2, 0.25) is 5.02 Å². The third-order valence-corrected chi connectivity index (χ3v) is 4.67. The second-order valence-corrected chi connectivity index (χ2v) is 6.20. The van der Waals surface area contributed by atoms with Gasteiger partial charge in [-0.25, -0.2) is 14.4 Å². The number of fused-ring (bicyclic) bond motifs is 1. The van der Waals surface area contributed by atoms with E-state index in [1.807, 2.05) is 0 Å². The van der Waals surface area contributed by atoms with Crippen molar-refractivity contribution >= 4 is 44.8 Å². The molecular weight excluding hydrogens is 349 g/mol. The maximum atomic E-state index is 14.1. The molecule has 0 fully saturated rings. The van der Waals surface area contributed by atoms with E-state index in [-0.39, 0.29) is 0 Å². The van der Waals surface area contributed by atoms with Crippen molar-refractivity contribution in [3.05, 3.63) is 59.6 Å². The van der Waals surface area contributed by atoms with E-state index >= 15 is 0 Å². The highest BCUT2D eigenvalue weighted by molar-refractivity contribution is 7.22. The predicted molar refractivity (Wildman–Crippen MR) is 92.0 cm³/mol. The highest BCUT2D eigenvalue weighted by Gasteiger charge is 2.16.